The zero-order valence-electron chi connectivity index (χ0n) is 10.6. The van der Waals surface area contributed by atoms with Crippen molar-refractivity contribution in [2.75, 3.05) is 13.2 Å². The topological polar surface area (TPSA) is 66.8 Å². The van der Waals surface area contributed by atoms with E-state index in [4.69, 9.17) is 9.84 Å². The average molecular weight is 263 g/mol. The van der Waals surface area contributed by atoms with Crippen LogP contribution in [0.1, 0.15) is 19.3 Å². The Labute approximate surface area is 111 Å². The monoisotopic (exact) mass is 263 g/mol. The first-order valence-corrected chi connectivity index (χ1v) is 6.36. The van der Waals surface area contributed by atoms with Crippen molar-refractivity contribution in [3.05, 3.63) is 36.0 Å². The Hall–Kier alpha value is -2.04. The number of hydrogen-bond donors (Lipinski definition) is 1. The van der Waals surface area contributed by atoms with Gasteiger partial charge in [-0.1, -0.05) is 30.4 Å². The van der Waals surface area contributed by atoms with Crippen LogP contribution >= 0.6 is 0 Å². The van der Waals surface area contributed by atoms with Crippen molar-refractivity contribution >= 4 is 12.1 Å². The van der Waals surface area contributed by atoms with Gasteiger partial charge in [-0.3, -0.25) is 4.90 Å². The van der Waals surface area contributed by atoms with Gasteiger partial charge in [0.2, 0.25) is 0 Å². The summed E-state index contributed by atoms with van der Waals surface area (Å²) >= 11 is 0. The van der Waals surface area contributed by atoms with Crippen LogP contribution < -0.4 is 0 Å². The summed E-state index contributed by atoms with van der Waals surface area (Å²) in [4.78, 5) is 24.2. The number of carboxylic acid groups (broad SMARTS) is 1. The van der Waals surface area contributed by atoms with Crippen LogP contribution in [0.15, 0.2) is 36.0 Å². The number of ether oxygens (including phenoxy) is 1. The molecule has 2 rings (SSSR count). The lowest BCUT2D eigenvalue weighted by Crippen LogP contribution is -2.40. The van der Waals surface area contributed by atoms with Gasteiger partial charge in [-0.2, -0.15) is 0 Å². The van der Waals surface area contributed by atoms with E-state index < -0.39 is 18.1 Å². The third kappa shape index (κ3) is 3.47. The molecule has 19 heavy (non-hydrogen) atoms. The molecule has 1 aliphatic heterocycles. The normalized spacial score (nSPS) is 22.0. The third-order valence-electron chi connectivity index (χ3n) is 3.22. The fraction of sp³-hybridized carbons (Fsp3) is 0.429. The van der Waals surface area contributed by atoms with E-state index in [0.717, 1.165) is 12.0 Å². The highest BCUT2D eigenvalue weighted by Gasteiger charge is 2.34. The number of hydrogen-bond acceptors (Lipinski definition) is 3. The summed E-state index contributed by atoms with van der Waals surface area (Å²) in [5.74, 6) is -0.964. The Kier molecular flexibility index (Phi) is 4.39. The minimum atomic E-state index is -0.964. The fourth-order valence-electron chi connectivity index (χ4n) is 2.21. The maximum absolute atomic E-state index is 11.9. The number of carboxylic acids is 1. The van der Waals surface area contributed by atoms with Crippen LogP contribution in [0.4, 0.5) is 4.79 Å². The minimum Gasteiger partial charge on any atom is -0.480 e. The predicted octanol–water partition coefficient (Wildman–Crippen LogP) is 2.11. The lowest BCUT2D eigenvalue weighted by molar-refractivity contribution is -0.141. The van der Waals surface area contributed by atoms with E-state index in [1.165, 1.54) is 4.90 Å². The van der Waals surface area contributed by atoms with Gasteiger partial charge in [0.05, 0.1) is 0 Å². The van der Waals surface area contributed by atoms with Crippen molar-refractivity contribution in [2.24, 2.45) is 0 Å². The first kappa shape index (κ1) is 13.4. The van der Waals surface area contributed by atoms with Gasteiger partial charge in [0.15, 0.2) is 0 Å². The van der Waals surface area contributed by atoms with Crippen LogP contribution in [0.5, 0.6) is 0 Å². The van der Waals surface area contributed by atoms with Gasteiger partial charge in [-0.05, 0) is 24.8 Å². The molecule has 0 aromatic rings. The molecule has 2 aliphatic rings. The standard InChI is InChI=1S/C14H17NO4/c16-13(17)12-8-5-9-15(12)14(18)19-10-11-6-3-1-2-4-7-11/h1-4,6,12H,5,7-10H2,(H,16,17). The second-order valence-corrected chi connectivity index (χ2v) is 4.59. The molecule has 1 heterocycles. The second-order valence-electron chi connectivity index (χ2n) is 4.59. The van der Waals surface area contributed by atoms with E-state index in [9.17, 15) is 9.59 Å². The average Bonchev–Trinajstić information content (AvgIpc) is 2.74. The van der Waals surface area contributed by atoms with Gasteiger partial charge in [-0.15, -0.1) is 0 Å². The van der Waals surface area contributed by atoms with Crippen LogP contribution in [-0.2, 0) is 9.53 Å². The van der Waals surface area contributed by atoms with E-state index in [0.29, 0.717) is 19.4 Å². The van der Waals surface area contributed by atoms with E-state index in [1.54, 1.807) is 0 Å². The quantitative estimate of drug-likeness (QED) is 0.847. The van der Waals surface area contributed by atoms with Gasteiger partial charge in [0.1, 0.15) is 12.6 Å². The lowest BCUT2D eigenvalue weighted by Gasteiger charge is -2.21. The minimum absolute atomic E-state index is 0.205. The molecule has 102 valence electrons. The summed E-state index contributed by atoms with van der Waals surface area (Å²) in [6.45, 7) is 0.658. The Bertz CT molecular complexity index is 450. The van der Waals surface area contributed by atoms with Crippen molar-refractivity contribution in [3.63, 3.8) is 0 Å². The van der Waals surface area contributed by atoms with Crippen molar-refractivity contribution in [3.8, 4) is 0 Å². The Morgan fingerprint density at radius 2 is 2.21 bits per heavy atom. The summed E-state index contributed by atoms with van der Waals surface area (Å²) in [5.41, 5.74) is 0.990. The highest BCUT2D eigenvalue weighted by Crippen LogP contribution is 2.19. The smallest absolute Gasteiger partial charge is 0.410 e. The van der Waals surface area contributed by atoms with Crippen molar-refractivity contribution < 1.29 is 19.4 Å². The second kappa shape index (κ2) is 6.22. The van der Waals surface area contributed by atoms with Gasteiger partial charge < -0.3 is 9.84 Å². The largest absolute Gasteiger partial charge is 0.480 e. The van der Waals surface area contributed by atoms with Crippen molar-refractivity contribution in [2.45, 2.75) is 25.3 Å². The van der Waals surface area contributed by atoms with Crippen molar-refractivity contribution in [1.82, 2.24) is 4.90 Å². The van der Waals surface area contributed by atoms with Crippen LogP contribution in [0.25, 0.3) is 0 Å². The molecule has 1 aliphatic carbocycles. The molecule has 1 saturated heterocycles. The lowest BCUT2D eigenvalue weighted by atomic mass is 10.2. The molecule has 0 aromatic carbocycles. The number of carbonyl (C=O) groups is 2. The number of nitrogens with zero attached hydrogens (tertiary/aromatic N) is 1. The number of rotatable bonds is 3. The van der Waals surface area contributed by atoms with E-state index in [1.807, 2.05) is 30.4 Å². The Balaban J connectivity index is 1.87. The Morgan fingerprint density at radius 3 is 3.00 bits per heavy atom. The molecule has 0 aromatic heterocycles. The number of likely N-dealkylation sites (tertiary alicyclic amines) is 1. The van der Waals surface area contributed by atoms with E-state index in [-0.39, 0.29) is 6.61 Å². The van der Waals surface area contributed by atoms with Crippen LogP contribution in [-0.4, -0.2) is 41.3 Å². The summed E-state index contributed by atoms with van der Waals surface area (Å²) in [7, 11) is 0. The molecule has 1 amide bonds. The third-order valence-corrected chi connectivity index (χ3v) is 3.22. The van der Waals surface area contributed by atoms with Crippen molar-refractivity contribution in [1.29, 1.82) is 0 Å². The zero-order chi connectivity index (χ0) is 13.7. The zero-order valence-corrected chi connectivity index (χ0v) is 10.6. The maximum Gasteiger partial charge on any atom is 0.410 e. The summed E-state index contributed by atoms with van der Waals surface area (Å²) < 4.78 is 5.19. The Morgan fingerprint density at radius 1 is 1.37 bits per heavy atom. The van der Waals surface area contributed by atoms with Crippen LogP contribution in [0, 0.1) is 0 Å². The van der Waals surface area contributed by atoms with Gasteiger partial charge >= 0.3 is 12.1 Å². The summed E-state index contributed by atoms with van der Waals surface area (Å²) in [6.07, 6.45) is 11.0. The maximum atomic E-state index is 11.9. The molecule has 1 fully saturated rings. The number of amides is 1. The molecule has 1 unspecified atom stereocenters. The number of carbonyl (C=O) groups excluding carboxylic acids is 1. The fourth-order valence-corrected chi connectivity index (χ4v) is 2.21. The number of aliphatic carboxylic acids is 1. The molecule has 5 heteroatoms. The van der Waals surface area contributed by atoms with Gasteiger partial charge in [0.25, 0.3) is 0 Å². The molecule has 1 atom stereocenters. The van der Waals surface area contributed by atoms with E-state index in [2.05, 4.69) is 0 Å². The summed E-state index contributed by atoms with van der Waals surface area (Å²) in [5, 5.41) is 9.01. The number of allylic oxidation sites excluding steroid dienone is 5. The molecular weight excluding hydrogens is 246 g/mol. The SMILES string of the molecule is O=C(O)C1CCCN1C(=O)OCC1=CC=CC=CC1. The molecule has 0 spiro atoms. The van der Waals surface area contributed by atoms with Gasteiger partial charge in [0, 0.05) is 6.54 Å². The molecule has 1 N–H and O–H groups in total. The van der Waals surface area contributed by atoms with Gasteiger partial charge in [-0.25, -0.2) is 9.59 Å². The molecule has 0 radical (unpaired) electrons. The first-order chi connectivity index (χ1) is 9.18. The predicted molar refractivity (Wildman–Crippen MR) is 69.7 cm³/mol. The highest BCUT2D eigenvalue weighted by molar-refractivity contribution is 5.80. The van der Waals surface area contributed by atoms with Crippen LogP contribution in [0.3, 0.4) is 0 Å². The molecular formula is C14H17NO4. The van der Waals surface area contributed by atoms with Crippen LogP contribution in [0.2, 0.25) is 0 Å². The van der Waals surface area contributed by atoms with E-state index >= 15 is 0 Å². The molecule has 0 bridgehead atoms. The highest BCUT2D eigenvalue weighted by atomic mass is 16.6. The first-order valence-electron chi connectivity index (χ1n) is 6.36. The molecule has 5 nitrogen and oxygen atoms in total. The molecule has 0 saturated carbocycles. The summed E-state index contributed by atoms with van der Waals surface area (Å²) in [6, 6.07) is -0.740.